The highest BCUT2D eigenvalue weighted by atomic mass is 35.5. The average Bonchev–Trinajstić information content (AvgIpc) is 3.12. The number of halogens is 1. The standard InChI is InChI=1S/C31H32ClNO5/c1-18-15-22(29(38-6)23(32)16-18)27(34)25-26(19-11-13-21(14-12-19)31(2,3)4)33(30(36)28(25)35)17-20-9-7-8-10-24(20)37-5/h7-16,26,34H,17H2,1-6H3/b27-25+. The number of carbonyl (C=O) groups excluding carboxylic acids is 2. The number of carbonyl (C=O) groups is 2. The van der Waals surface area contributed by atoms with Crippen molar-refractivity contribution in [1.29, 1.82) is 0 Å². The SMILES string of the molecule is COc1ccccc1CN1C(=O)C(=O)/C(=C(/O)c2cc(C)cc(Cl)c2OC)C1c1ccc(C(C)(C)C)cc1. The molecule has 4 rings (SSSR count). The molecule has 0 bridgehead atoms. The van der Waals surface area contributed by atoms with Crippen molar-refractivity contribution >= 4 is 29.1 Å². The van der Waals surface area contributed by atoms with Crippen LogP contribution in [0.2, 0.25) is 5.02 Å². The minimum Gasteiger partial charge on any atom is -0.507 e. The summed E-state index contributed by atoms with van der Waals surface area (Å²) in [5, 5.41) is 11.9. The van der Waals surface area contributed by atoms with E-state index in [-0.39, 0.29) is 34.6 Å². The molecule has 0 spiro atoms. The van der Waals surface area contributed by atoms with Crippen LogP contribution in [-0.2, 0) is 21.5 Å². The Balaban J connectivity index is 1.94. The first-order chi connectivity index (χ1) is 18.0. The molecule has 1 saturated heterocycles. The van der Waals surface area contributed by atoms with Gasteiger partial charge in [0, 0.05) is 5.56 Å². The van der Waals surface area contributed by atoms with Gasteiger partial charge >= 0.3 is 0 Å². The Hall–Kier alpha value is -3.77. The Labute approximate surface area is 228 Å². The third-order valence-electron chi connectivity index (χ3n) is 6.81. The maximum atomic E-state index is 13.5. The Kier molecular flexibility index (Phi) is 7.56. The van der Waals surface area contributed by atoms with Gasteiger partial charge in [-0.15, -0.1) is 0 Å². The van der Waals surface area contributed by atoms with E-state index in [1.807, 2.05) is 49.4 Å². The Morgan fingerprint density at radius 3 is 2.26 bits per heavy atom. The molecule has 0 aromatic heterocycles. The van der Waals surface area contributed by atoms with E-state index in [1.165, 1.54) is 12.0 Å². The van der Waals surface area contributed by atoms with Gasteiger partial charge in [-0.25, -0.2) is 0 Å². The van der Waals surface area contributed by atoms with E-state index in [1.54, 1.807) is 25.3 Å². The fraction of sp³-hybridized carbons (Fsp3) is 0.290. The molecule has 1 unspecified atom stereocenters. The number of aryl methyl sites for hydroxylation is 1. The molecule has 0 aliphatic carbocycles. The van der Waals surface area contributed by atoms with E-state index in [4.69, 9.17) is 21.1 Å². The van der Waals surface area contributed by atoms with Crippen LogP contribution in [0.1, 0.15) is 54.6 Å². The van der Waals surface area contributed by atoms with E-state index in [0.29, 0.717) is 16.3 Å². The number of likely N-dealkylation sites (tertiary alicyclic amines) is 1. The topological polar surface area (TPSA) is 76.1 Å². The van der Waals surface area contributed by atoms with Crippen LogP contribution in [0.15, 0.2) is 66.2 Å². The quantitative estimate of drug-likeness (QED) is 0.220. The van der Waals surface area contributed by atoms with Crippen molar-refractivity contribution in [3.63, 3.8) is 0 Å². The number of para-hydroxylation sites is 1. The summed E-state index contributed by atoms with van der Waals surface area (Å²) in [7, 11) is 3.00. The molecular formula is C31H32ClNO5. The molecule has 3 aromatic carbocycles. The maximum absolute atomic E-state index is 13.5. The number of methoxy groups -OCH3 is 2. The average molecular weight is 534 g/mol. The zero-order valence-corrected chi connectivity index (χ0v) is 23.2. The molecule has 1 aliphatic rings. The molecule has 1 fully saturated rings. The lowest BCUT2D eigenvalue weighted by Crippen LogP contribution is -2.29. The summed E-state index contributed by atoms with van der Waals surface area (Å²) in [6.07, 6.45) is 0. The molecule has 1 aliphatic heterocycles. The Morgan fingerprint density at radius 1 is 1.00 bits per heavy atom. The monoisotopic (exact) mass is 533 g/mol. The molecule has 7 heteroatoms. The summed E-state index contributed by atoms with van der Waals surface area (Å²) in [6.45, 7) is 8.28. The predicted molar refractivity (Wildman–Crippen MR) is 149 cm³/mol. The van der Waals surface area contributed by atoms with E-state index in [9.17, 15) is 14.7 Å². The van der Waals surface area contributed by atoms with Crippen LogP contribution in [-0.4, -0.2) is 35.9 Å². The van der Waals surface area contributed by atoms with Gasteiger partial charge in [-0.1, -0.05) is 74.8 Å². The van der Waals surface area contributed by atoms with E-state index in [0.717, 1.165) is 16.7 Å². The van der Waals surface area contributed by atoms with Crippen molar-refractivity contribution in [3.05, 3.63) is 99.1 Å². The second-order valence-corrected chi connectivity index (χ2v) is 10.8. The van der Waals surface area contributed by atoms with E-state index in [2.05, 4.69) is 20.8 Å². The van der Waals surface area contributed by atoms with Crippen LogP contribution in [0.5, 0.6) is 11.5 Å². The molecule has 0 radical (unpaired) electrons. The highest BCUT2D eigenvalue weighted by Gasteiger charge is 2.46. The van der Waals surface area contributed by atoms with Crippen LogP contribution < -0.4 is 9.47 Å². The number of nitrogens with zero attached hydrogens (tertiary/aromatic N) is 1. The summed E-state index contributed by atoms with van der Waals surface area (Å²) in [4.78, 5) is 28.5. The first kappa shape index (κ1) is 27.3. The summed E-state index contributed by atoms with van der Waals surface area (Å²) >= 11 is 6.40. The van der Waals surface area contributed by atoms with Gasteiger partial charge in [0.1, 0.15) is 17.3 Å². The van der Waals surface area contributed by atoms with Crippen molar-refractivity contribution in [3.8, 4) is 11.5 Å². The minimum atomic E-state index is -0.835. The van der Waals surface area contributed by atoms with Crippen molar-refractivity contribution in [2.45, 2.75) is 45.7 Å². The van der Waals surface area contributed by atoms with Crippen LogP contribution in [0.25, 0.3) is 5.76 Å². The second kappa shape index (κ2) is 10.5. The highest BCUT2D eigenvalue weighted by Crippen LogP contribution is 2.44. The number of hydrogen-bond donors (Lipinski definition) is 1. The highest BCUT2D eigenvalue weighted by molar-refractivity contribution is 6.46. The molecule has 1 atom stereocenters. The summed E-state index contributed by atoms with van der Waals surface area (Å²) in [5.41, 5.74) is 3.47. The third-order valence-corrected chi connectivity index (χ3v) is 7.09. The van der Waals surface area contributed by atoms with Crippen LogP contribution in [0.3, 0.4) is 0 Å². The minimum absolute atomic E-state index is 0.0200. The first-order valence-corrected chi connectivity index (χ1v) is 12.7. The molecule has 3 aromatic rings. The lowest BCUT2D eigenvalue weighted by molar-refractivity contribution is -0.140. The van der Waals surface area contributed by atoms with E-state index >= 15 is 0 Å². The molecule has 0 saturated carbocycles. The van der Waals surface area contributed by atoms with Gasteiger partial charge in [-0.05, 0) is 47.2 Å². The number of ether oxygens (including phenoxy) is 2. The molecular weight excluding hydrogens is 502 g/mol. The lowest BCUT2D eigenvalue weighted by Gasteiger charge is -2.27. The number of amides is 1. The zero-order chi connectivity index (χ0) is 27.8. The van der Waals surface area contributed by atoms with Crippen LogP contribution in [0.4, 0.5) is 0 Å². The van der Waals surface area contributed by atoms with Crippen molar-refractivity contribution in [2.24, 2.45) is 0 Å². The number of rotatable bonds is 6. The lowest BCUT2D eigenvalue weighted by atomic mass is 9.85. The smallest absolute Gasteiger partial charge is 0.295 e. The number of aliphatic hydroxyl groups is 1. The molecule has 38 heavy (non-hydrogen) atoms. The van der Waals surface area contributed by atoms with Gasteiger partial charge in [-0.3, -0.25) is 9.59 Å². The predicted octanol–water partition coefficient (Wildman–Crippen LogP) is 6.59. The summed E-state index contributed by atoms with van der Waals surface area (Å²) in [6, 6.07) is 17.7. The van der Waals surface area contributed by atoms with Gasteiger partial charge in [0.25, 0.3) is 11.7 Å². The number of ketones is 1. The normalized spacial score (nSPS) is 17.1. The van der Waals surface area contributed by atoms with E-state index < -0.39 is 17.7 Å². The number of benzene rings is 3. The van der Waals surface area contributed by atoms with Gasteiger partial charge in [0.05, 0.1) is 43.0 Å². The Morgan fingerprint density at radius 2 is 1.66 bits per heavy atom. The third kappa shape index (κ3) is 5.01. The molecule has 6 nitrogen and oxygen atoms in total. The fourth-order valence-electron chi connectivity index (χ4n) is 4.83. The maximum Gasteiger partial charge on any atom is 0.295 e. The number of aliphatic hydroxyl groups excluding tert-OH is 1. The molecule has 1 amide bonds. The molecule has 1 heterocycles. The van der Waals surface area contributed by atoms with Crippen molar-refractivity contribution < 1.29 is 24.2 Å². The fourth-order valence-corrected chi connectivity index (χ4v) is 5.18. The molecule has 198 valence electrons. The first-order valence-electron chi connectivity index (χ1n) is 12.3. The van der Waals surface area contributed by atoms with Gasteiger partial charge in [-0.2, -0.15) is 0 Å². The van der Waals surface area contributed by atoms with Gasteiger partial charge in [0.2, 0.25) is 0 Å². The number of Topliss-reactive ketones (excluding diaryl/α,β-unsaturated/α-hetero) is 1. The summed E-state index contributed by atoms with van der Waals surface area (Å²) < 4.78 is 11.0. The zero-order valence-electron chi connectivity index (χ0n) is 22.5. The van der Waals surface area contributed by atoms with Crippen LogP contribution in [0, 0.1) is 6.92 Å². The van der Waals surface area contributed by atoms with Crippen molar-refractivity contribution in [1.82, 2.24) is 4.90 Å². The van der Waals surface area contributed by atoms with Gasteiger partial charge in [0.15, 0.2) is 0 Å². The second-order valence-electron chi connectivity index (χ2n) is 10.4. The van der Waals surface area contributed by atoms with Crippen molar-refractivity contribution in [2.75, 3.05) is 14.2 Å². The number of hydrogen-bond acceptors (Lipinski definition) is 5. The van der Waals surface area contributed by atoms with Crippen LogP contribution >= 0.6 is 11.6 Å². The largest absolute Gasteiger partial charge is 0.507 e. The van der Waals surface area contributed by atoms with Gasteiger partial charge < -0.3 is 19.5 Å². The summed E-state index contributed by atoms with van der Waals surface area (Å²) in [5.74, 6) is -0.990. The Bertz CT molecular complexity index is 1420. The molecule has 1 N–H and O–H groups in total.